The molecule has 3 aromatic rings. The fraction of sp³-hybridized carbons (Fsp3) is 0.167. The van der Waals surface area contributed by atoms with E-state index in [1.807, 2.05) is 30.3 Å². The van der Waals surface area contributed by atoms with Gasteiger partial charge >= 0.3 is 0 Å². The van der Waals surface area contributed by atoms with Gasteiger partial charge in [-0.25, -0.2) is 0 Å². The molecule has 0 unspecified atom stereocenters. The Kier molecular flexibility index (Phi) is 6.23. The van der Waals surface area contributed by atoms with E-state index in [2.05, 4.69) is 0 Å². The zero-order chi connectivity index (χ0) is 22.7. The van der Waals surface area contributed by atoms with Gasteiger partial charge in [-0.1, -0.05) is 30.3 Å². The summed E-state index contributed by atoms with van der Waals surface area (Å²) in [6.07, 6.45) is 3.05. The number of imide groups is 1. The van der Waals surface area contributed by atoms with Crippen molar-refractivity contribution >= 4 is 34.7 Å². The van der Waals surface area contributed by atoms with Crippen molar-refractivity contribution in [2.45, 2.75) is 19.8 Å². The van der Waals surface area contributed by atoms with Crippen LogP contribution < -0.4 is 0 Å². The Morgan fingerprint density at radius 1 is 1.09 bits per heavy atom. The Hall–Kier alpha value is -3.65. The summed E-state index contributed by atoms with van der Waals surface area (Å²) in [4.78, 5) is 37.1. The zero-order valence-electron chi connectivity index (χ0n) is 17.3. The highest BCUT2D eigenvalue weighted by Gasteiger charge is 2.34. The van der Waals surface area contributed by atoms with Crippen molar-refractivity contribution in [3.63, 3.8) is 0 Å². The molecule has 0 saturated carbocycles. The standard InChI is InChI=1S/C24H20N2O5S/c1-16-14-18(26(29)30)9-11-20(16)21-12-10-19(31-21)15-22-23(27)25(24(28)32-22)13-5-8-17-6-3-2-4-7-17/h2-4,6-7,9-12,14-15H,5,8,13H2,1H3/b22-15-. The summed E-state index contributed by atoms with van der Waals surface area (Å²) >= 11 is 0.900. The van der Waals surface area contributed by atoms with Crippen molar-refractivity contribution in [3.05, 3.63) is 92.6 Å². The number of nitro benzene ring substituents is 1. The number of carbonyl (C=O) groups is 2. The molecule has 0 spiro atoms. The number of hydrogen-bond donors (Lipinski definition) is 0. The number of thioether (sulfide) groups is 1. The van der Waals surface area contributed by atoms with Crippen LogP contribution in [0.25, 0.3) is 17.4 Å². The van der Waals surface area contributed by atoms with Gasteiger partial charge in [0.2, 0.25) is 0 Å². The number of aryl methyl sites for hydroxylation is 2. The van der Waals surface area contributed by atoms with E-state index in [-0.39, 0.29) is 16.8 Å². The van der Waals surface area contributed by atoms with Crippen LogP contribution in [0, 0.1) is 17.0 Å². The quantitative estimate of drug-likeness (QED) is 0.256. The highest BCUT2D eigenvalue weighted by atomic mass is 32.2. The van der Waals surface area contributed by atoms with Gasteiger partial charge in [0.15, 0.2) is 0 Å². The third kappa shape index (κ3) is 4.65. The predicted octanol–water partition coefficient (Wildman–Crippen LogP) is 5.83. The molecule has 0 atom stereocenters. The van der Waals surface area contributed by atoms with Crippen LogP contribution in [0.15, 0.2) is 70.0 Å². The number of benzene rings is 2. The molecule has 7 nitrogen and oxygen atoms in total. The summed E-state index contributed by atoms with van der Waals surface area (Å²) in [5, 5.41) is 10.6. The van der Waals surface area contributed by atoms with E-state index in [9.17, 15) is 19.7 Å². The number of hydrogen-bond acceptors (Lipinski definition) is 6. The molecule has 0 radical (unpaired) electrons. The Bertz CT molecular complexity index is 1220. The number of furan rings is 1. The first-order valence-electron chi connectivity index (χ1n) is 10.1. The lowest BCUT2D eigenvalue weighted by Gasteiger charge is -2.11. The zero-order valence-corrected chi connectivity index (χ0v) is 18.1. The van der Waals surface area contributed by atoms with Crippen LogP contribution in [0.4, 0.5) is 10.5 Å². The van der Waals surface area contributed by atoms with E-state index in [4.69, 9.17) is 4.42 Å². The summed E-state index contributed by atoms with van der Waals surface area (Å²) < 4.78 is 5.83. The topological polar surface area (TPSA) is 93.7 Å². The van der Waals surface area contributed by atoms with Crippen molar-refractivity contribution in [2.75, 3.05) is 6.54 Å². The van der Waals surface area contributed by atoms with Crippen LogP contribution in [-0.2, 0) is 11.2 Å². The first-order valence-corrected chi connectivity index (χ1v) is 10.9. The van der Waals surface area contributed by atoms with Crippen LogP contribution in [0.2, 0.25) is 0 Å². The summed E-state index contributed by atoms with van der Waals surface area (Å²) in [6.45, 7) is 2.13. The van der Waals surface area contributed by atoms with Crippen molar-refractivity contribution in [1.82, 2.24) is 4.90 Å². The van der Waals surface area contributed by atoms with E-state index < -0.39 is 4.92 Å². The van der Waals surface area contributed by atoms with Gasteiger partial charge in [-0.15, -0.1) is 0 Å². The predicted molar refractivity (Wildman–Crippen MR) is 123 cm³/mol. The molecule has 1 aromatic heterocycles. The highest BCUT2D eigenvalue weighted by Crippen LogP contribution is 2.34. The molecule has 32 heavy (non-hydrogen) atoms. The third-order valence-electron chi connectivity index (χ3n) is 5.15. The molecule has 2 amide bonds. The summed E-state index contributed by atoms with van der Waals surface area (Å²) in [5.74, 6) is 0.649. The second kappa shape index (κ2) is 9.23. The maximum atomic E-state index is 12.7. The van der Waals surface area contributed by atoms with Crippen LogP contribution in [0.1, 0.15) is 23.3 Å². The molecule has 0 bridgehead atoms. The maximum absolute atomic E-state index is 12.7. The van der Waals surface area contributed by atoms with Gasteiger partial charge in [-0.3, -0.25) is 24.6 Å². The van der Waals surface area contributed by atoms with E-state index in [1.54, 1.807) is 31.2 Å². The van der Waals surface area contributed by atoms with Gasteiger partial charge in [0.1, 0.15) is 11.5 Å². The minimum Gasteiger partial charge on any atom is -0.457 e. The molecule has 1 aliphatic rings. The SMILES string of the molecule is Cc1cc([N+](=O)[O-])ccc1-c1ccc(/C=C2\SC(=O)N(CCCc3ccccc3)C2=O)o1. The molecule has 4 rings (SSSR count). The Morgan fingerprint density at radius 2 is 1.88 bits per heavy atom. The average molecular weight is 449 g/mol. The van der Waals surface area contributed by atoms with E-state index in [0.717, 1.165) is 23.7 Å². The number of nitro groups is 1. The molecule has 1 aliphatic heterocycles. The van der Waals surface area contributed by atoms with Crippen LogP contribution in [0.5, 0.6) is 0 Å². The second-order valence-corrected chi connectivity index (χ2v) is 8.37. The summed E-state index contributed by atoms with van der Waals surface area (Å²) in [7, 11) is 0. The average Bonchev–Trinajstić information content (AvgIpc) is 3.34. The summed E-state index contributed by atoms with van der Waals surface area (Å²) in [5.41, 5.74) is 2.61. The van der Waals surface area contributed by atoms with Crippen molar-refractivity contribution in [1.29, 1.82) is 0 Å². The van der Waals surface area contributed by atoms with Gasteiger partial charge in [0.25, 0.3) is 16.8 Å². The normalized spacial score (nSPS) is 15.0. The van der Waals surface area contributed by atoms with Crippen molar-refractivity contribution in [3.8, 4) is 11.3 Å². The number of non-ortho nitro benzene ring substituents is 1. The lowest BCUT2D eigenvalue weighted by atomic mass is 10.1. The Morgan fingerprint density at radius 3 is 2.59 bits per heavy atom. The number of rotatable bonds is 7. The minimum atomic E-state index is -0.444. The molecule has 0 aliphatic carbocycles. The van der Waals surface area contributed by atoms with Gasteiger partial charge in [0, 0.05) is 30.3 Å². The van der Waals surface area contributed by atoms with E-state index >= 15 is 0 Å². The smallest absolute Gasteiger partial charge is 0.293 e. The molecule has 8 heteroatoms. The van der Waals surface area contributed by atoms with Crippen LogP contribution in [-0.4, -0.2) is 27.5 Å². The van der Waals surface area contributed by atoms with Gasteiger partial charge < -0.3 is 4.42 Å². The minimum absolute atomic E-state index is 0.0129. The molecule has 0 N–H and O–H groups in total. The van der Waals surface area contributed by atoms with Gasteiger partial charge in [-0.2, -0.15) is 0 Å². The molecular formula is C24H20N2O5S. The molecule has 1 saturated heterocycles. The summed E-state index contributed by atoms with van der Waals surface area (Å²) in [6, 6.07) is 17.9. The molecule has 2 heterocycles. The maximum Gasteiger partial charge on any atom is 0.293 e. The van der Waals surface area contributed by atoms with Crippen molar-refractivity contribution in [2.24, 2.45) is 0 Å². The number of amides is 2. The monoisotopic (exact) mass is 448 g/mol. The number of carbonyl (C=O) groups excluding carboxylic acids is 2. The number of nitrogens with zero attached hydrogens (tertiary/aromatic N) is 2. The van der Waals surface area contributed by atoms with Crippen LogP contribution in [0.3, 0.4) is 0 Å². The fourth-order valence-corrected chi connectivity index (χ4v) is 4.37. The van der Waals surface area contributed by atoms with Crippen LogP contribution >= 0.6 is 11.8 Å². The highest BCUT2D eigenvalue weighted by molar-refractivity contribution is 8.18. The lowest BCUT2D eigenvalue weighted by Crippen LogP contribution is -2.29. The Balaban J connectivity index is 1.44. The fourth-order valence-electron chi connectivity index (χ4n) is 3.52. The molecule has 1 fully saturated rings. The lowest BCUT2D eigenvalue weighted by molar-refractivity contribution is -0.384. The van der Waals surface area contributed by atoms with Gasteiger partial charge in [-0.05, 0) is 60.9 Å². The first kappa shape index (κ1) is 21.6. The Labute approximate surface area is 188 Å². The van der Waals surface area contributed by atoms with Gasteiger partial charge in [0.05, 0.1) is 9.83 Å². The molecule has 2 aromatic carbocycles. The third-order valence-corrected chi connectivity index (χ3v) is 6.06. The van der Waals surface area contributed by atoms with Crippen molar-refractivity contribution < 1.29 is 18.9 Å². The second-order valence-electron chi connectivity index (χ2n) is 7.38. The molecular weight excluding hydrogens is 428 g/mol. The van der Waals surface area contributed by atoms with E-state index in [0.29, 0.717) is 35.0 Å². The first-order chi connectivity index (χ1) is 15.4. The molecule has 162 valence electrons. The largest absolute Gasteiger partial charge is 0.457 e. The van der Waals surface area contributed by atoms with E-state index in [1.165, 1.54) is 22.6 Å².